The number of rotatable bonds is 8. The SMILES string of the molecule is Cc1ccc(N2c3ccccc3N(c3ccc(-c4ccc(N5c6ccc(C)cc6N(c6ccc(-c7ccc(N8c9ccccc9N(c9ccccc9)c9cc(C)ccc98)cc7)cc6)c6ccc(C)cc65)cc4)cc3)c3ccccc32)cc1. The van der Waals surface area contributed by atoms with Crippen LogP contribution in [0.15, 0.2) is 279 Å². The van der Waals surface area contributed by atoms with Crippen molar-refractivity contribution >= 4 is 102 Å². The van der Waals surface area contributed by atoms with Crippen molar-refractivity contribution in [2.75, 3.05) is 29.4 Å². The molecule has 0 aromatic heterocycles. The molecule has 3 heterocycles. The molecule has 82 heavy (non-hydrogen) atoms. The molecular weight excluding hydrogens is 997 g/mol. The molecule has 15 rings (SSSR count). The highest BCUT2D eigenvalue weighted by Crippen LogP contribution is 2.58. The lowest BCUT2D eigenvalue weighted by Gasteiger charge is -2.41. The maximum Gasteiger partial charge on any atom is 0.0705 e. The first-order valence-electron chi connectivity index (χ1n) is 28.2. The number of nitrogens with zero attached hydrogens (tertiary/aromatic N) is 6. The average Bonchev–Trinajstić information content (AvgIpc) is 3.69. The summed E-state index contributed by atoms with van der Waals surface area (Å²) in [5.74, 6) is 0. The van der Waals surface area contributed by atoms with E-state index in [1.807, 2.05) is 0 Å². The lowest BCUT2D eigenvalue weighted by molar-refractivity contribution is 1.16. The van der Waals surface area contributed by atoms with Crippen molar-refractivity contribution in [3.63, 3.8) is 0 Å². The van der Waals surface area contributed by atoms with Crippen LogP contribution in [0.2, 0.25) is 0 Å². The van der Waals surface area contributed by atoms with Crippen molar-refractivity contribution in [1.29, 1.82) is 0 Å². The molecule has 6 heteroatoms. The number of para-hydroxylation sites is 7. The predicted molar refractivity (Wildman–Crippen MR) is 345 cm³/mol. The quantitative estimate of drug-likeness (QED) is 0.150. The topological polar surface area (TPSA) is 19.4 Å². The van der Waals surface area contributed by atoms with Gasteiger partial charge in [0.05, 0.1) is 68.2 Å². The summed E-state index contributed by atoms with van der Waals surface area (Å²) < 4.78 is 0. The summed E-state index contributed by atoms with van der Waals surface area (Å²) >= 11 is 0. The van der Waals surface area contributed by atoms with Crippen molar-refractivity contribution < 1.29 is 0 Å². The zero-order valence-corrected chi connectivity index (χ0v) is 46.2. The summed E-state index contributed by atoms with van der Waals surface area (Å²) in [6, 6.07) is 102. The normalized spacial score (nSPS) is 13.0. The molecule has 0 aliphatic carbocycles. The zero-order chi connectivity index (χ0) is 55.0. The first-order valence-corrected chi connectivity index (χ1v) is 28.2. The summed E-state index contributed by atoms with van der Waals surface area (Å²) in [5, 5.41) is 0. The molecule has 392 valence electrons. The lowest BCUT2D eigenvalue weighted by Crippen LogP contribution is -2.24. The minimum absolute atomic E-state index is 1.11. The van der Waals surface area contributed by atoms with E-state index in [9.17, 15) is 0 Å². The smallest absolute Gasteiger partial charge is 0.0705 e. The molecule has 3 aliphatic heterocycles. The summed E-state index contributed by atoms with van der Waals surface area (Å²) in [6.07, 6.45) is 0. The molecule has 0 saturated carbocycles. The van der Waals surface area contributed by atoms with E-state index in [1.54, 1.807) is 0 Å². The third-order valence-electron chi connectivity index (χ3n) is 16.4. The summed E-state index contributed by atoms with van der Waals surface area (Å²) in [4.78, 5) is 14.4. The number of hydrogen-bond donors (Lipinski definition) is 0. The van der Waals surface area contributed by atoms with Gasteiger partial charge in [0.2, 0.25) is 0 Å². The Bertz CT molecular complexity index is 4330. The molecular formula is C76H58N6. The van der Waals surface area contributed by atoms with Crippen LogP contribution in [0.3, 0.4) is 0 Å². The van der Waals surface area contributed by atoms with Crippen molar-refractivity contribution in [2.45, 2.75) is 27.7 Å². The number of aryl methyl sites for hydroxylation is 4. The Morgan fingerprint density at radius 3 is 0.622 bits per heavy atom. The van der Waals surface area contributed by atoms with E-state index < -0.39 is 0 Å². The summed E-state index contributed by atoms with van der Waals surface area (Å²) in [6.45, 7) is 8.68. The van der Waals surface area contributed by atoms with E-state index >= 15 is 0 Å². The first kappa shape index (κ1) is 48.6. The fourth-order valence-corrected chi connectivity index (χ4v) is 12.5. The second-order valence-electron chi connectivity index (χ2n) is 21.8. The standard InChI is InChI=1S/C76H58N6/c1-51-22-35-60(36-23-51)77-65-16-8-10-18-67(65)78(68-19-11-9-17-66(68)77)61-37-27-55(28-38-61)57-31-41-63(42-32-57)81-72-46-25-54(4)50-76(72)82(73-47-26-53(3)49-75(73)81)64-43-33-58(34-44-64)56-29-39-62(40-30-56)79-69-20-12-13-21-70(69)80(59-14-6-5-7-15-59)74-48-52(2)24-45-71(74)79/h5-50H,1-4H3. The summed E-state index contributed by atoms with van der Waals surface area (Å²) in [7, 11) is 0. The Morgan fingerprint density at radius 1 is 0.159 bits per heavy atom. The Hall–Kier alpha value is -10.6. The van der Waals surface area contributed by atoms with E-state index in [4.69, 9.17) is 0 Å². The van der Waals surface area contributed by atoms with Gasteiger partial charge in [-0.3, -0.25) is 0 Å². The fourth-order valence-electron chi connectivity index (χ4n) is 12.5. The van der Waals surface area contributed by atoms with Gasteiger partial charge < -0.3 is 29.4 Å². The minimum atomic E-state index is 1.11. The molecule has 12 aromatic carbocycles. The van der Waals surface area contributed by atoms with E-state index in [1.165, 1.54) is 22.3 Å². The third-order valence-corrected chi connectivity index (χ3v) is 16.4. The lowest BCUT2D eigenvalue weighted by atomic mass is 9.99. The molecule has 0 saturated heterocycles. The number of anilines is 18. The monoisotopic (exact) mass is 1050 g/mol. The van der Waals surface area contributed by atoms with Crippen molar-refractivity contribution in [3.05, 3.63) is 301 Å². The highest BCUT2D eigenvalue weighted by atomic mass is 15.3. The van der Waals surface area contributed by atoms with Crippen LogP contribution in [0.1, 0.15) is 22.3 Å². The fraction of sp³-hybridized carbons (Fsp3) is 0.0526. The van der Waals surface area contributed by atoms with Crippen LogP contribution in [0.5, 0.6) is 0 Å². The first-order chi connectivity index (χ1) is 40.3. The predicted octanol–water partition coefficient (Wildman–Crippen LogP) is 22.0. The molecule has 0 spiro atoms. The Labute approximate surface area is 480 Å². The van der Waals surface area contributed by atoms with Gasteiger partial charge in [-0.2, -0.15) is 0 Å². The van der Waals surface area contributed by atoms with Gasteiger partial charge in [-0.05, 0) is 212 Å². The van der Waals surface area contributed by atoms with Gasteiger partial charge in [-0.1, -0.05) is 139 Å². The maximum absolute atomic E-state index is 2.43. The molecule has 0 fully saturated rings. The molecule has 0 atom stereocenters. The van der Waals surface area contributed by atoms with Crippen molar-refractivity contribution in [1.82, 2.24) is 0 Å². The second kappa shape index (κ2) is 19.7. The highest BCUT2D eigenvalue weighted by Gasteiger charge is 2.34. The maximum atomic E-state index is 2.43. The van der Waals surface area contributed by atoms with E-state index in [0.717, 1.165) is 125 Å². The van der Waals surface area contributed by atoms with Crippen molar-refractivity contribution in [2.24, 2.45) is 0 Å². The van der Waals surface area contributed by atoms with Crippen molar-refractivity contribution in [3.8, 4) is 22.3 Å². The minimum Gasteiger partial charge on any atom is -0.306 e. The van der Waals surface area contributed by atoms with Crippen LogP contribution >= 0.6 is 0 Å². The molecule has 12 aromatic rings. The Balaban J connectivity index is 0.716. The zero-order valence-electron chi connectivity index (χ0n) is 46.2. The number of fused-ring (bicyclic) bond motifs is 6. The molecule has 6 nitrogen and oxygen atoms in total. The molecule has 0 N–H and O–H groups in total. The van der Waals surface area contributed by atoms with Gasteiger partial charge >= 0.3 is 0 Å². The van der Waals surface area contributed by atoms with Gasteiger partial charge in [0.15, 0.2) is 0 Å². The number of benzene rings is 12. The molecule has 3 aliphatic rings. The van der Waals surface area contributed by atoms with Crippen LogP contribution < -0.4 is 29.4 Å². The third kappa shape index (κ3) is 8.18. The largest absolute Gasteiger partial charge is 0.306 e. The van der Waals surface area contributed by atoms with Gasteiger partial charge in [0.25, 0.3) is 0 Å². The van der Waals surface area contributed by atoms with Crippen LogP contribution in [0, 0.1) is 27.7 Å². The van der Waals surface area contributed by atoms with E-state index in [0.29, 0.717) is 0 Å². The van der Waals surface area contributed by atoms with Gasteiger partial charge in [0.1, 0.15) is 0 Å². The number of hydrogen-bond acceptors (Lipinski definition) is 6. The van der Waals surface area contributed by atoms with E-state index in [-0.39, 0.29) is 0 Å². The van der Waals surface area contributed by atoms with Gasteiger partial charge in [-0.25, -0.2) is 0 Å². The van der Waals surface area contributed by atoms with Gasteiger partial charge in [-0.15, -0.1) is 0 Å². The van der Waals surface area contributed by atoms with Crippen LogP contribution in [0.4, 0.5) is 102 Å². The molecule has 0 unspecified atom stereocenters. The Kier molecular flexibility index (Phi) is 11.6. The van der Waals surface area contributed by atoms with Crippen LogP contribution in [-0.2, 0) is 0 Å². The van der Waals surface area contributed by atoms with Gasteiger partial charge in [0, 0.05) is 34.1 Å². The second-order valence-corrected chi connectivity index (χ2v) is 21.8. The Morgan fingerprint density at radius 2 is 0.354 bits per heavy atom. The highest BCUT2D eigenvalue weighted by molar-refractivity contribution is 6.05. The molecule has 0 radical (unpaired) electrons. The van der Waals surface area contributed by atoms with Crippen LogP contribution in [-0.4, -0.2) is 0 Å². The summed E-state index contributed by atoms with van der Waals surface area (Å²) in [5.41, 5.74) is 30.0. The van der Waals surface area contributed by atoms with E-state index in [2.05, 4.69) is 336 Å². The molecule has 0 bridgehead atoms. The average molecular weight is 1060 g/mol. The van der Waals surface area contributed by atoms with Crippen LogP contribution in [0.25, 0.3) is 22.3 Å². The molecule has 0 amide bonds.